The van der Waals surface area contributed by atoms with Gasteiger partial charge >= 0.3 is 5.97 Å². The number of carboxylic acids is 1. The van der Waals surface area contributed by atoms with Gasteiger partial charge in [0.05, 0.1) is 5.56 Å². The summed E-state index contributed by atoms with van der Waals surface area (Å²) in [5, 5.41) is 9.27. The van der Waals surface area contributed by atoms with Crippen molar-refractivity contribution in [3.63, 3.8) is 0 Å². The Morgan fingerprint density at radius 2 is 1.96 bits per heavy atom. The highest BCUT2D eigenvalue weighted by Gasteiger charge is 2.26. The summed E-state index contributed by atoms with van der Waals surface area (Å²) in [6.07, 6.45) is 7.43. The monoisotopic (exact) mass is 312 g/mol. The fraction of sp³-hybridized carbons (Fsp3) is 0.188. The molecule has 7 heteroatoms. The van der Waals surface area contributed by atoms with Crippen LogP contribution >= 0.6 is 0 Å². The molecule has 0 bridgehead atoms. The molecule has 23 heavy (non-hydrogen) atoms. The number of imidazole rings is 1. The Balaban J connectivity index is 1.79. The molecule has 1 aromatic carbocycles. The van der Waals surface area contributed by atoms with Crippen molar-refractivity contribution in [1.82, 2.24) is 14.4 Å². The van der Waals surface area contributed by atoms with Crippen molar-refractivity contribution in [2.75, 3.05) is 11.4 Å². The van der Waals surface area contributed by atoms with Gasteiger partial charge < -0.3 is 14.4 Å². The molecule has 1 aliphatic heterocycles. The highest BCUT2D eigenvalue weighted by molar-refractivity contribution is 5.90. The third kappa shape index (κ3) is 2.12. The van der Waals surface area contributed by atoms with E-state index in [9.17, 15) is 14.3 Å². The topological polar surface area (TPSA) is 70.7 Å². The normalized spacial score (nSPS) is 14.0. The molecule has 6 nitrogen and oxygen atoms in total. The Hall–Kier alpha value is -2.96. The minimum absolute atomic E-state index is 0.174. The molecule has 1 aliphatic rings. The first-order chi connectivity index (χ1) is 11.1. The smallest absolute Gasteiger partial charge is 0.335 e. The lowest BCUT2D eigenvalue weighted by molar-refractivity contribution is 0.0695. The number of hydrogen-bond acceptors (Lipinski definition) is 4. The summed E-state index contributed by atoms with van der Waals surface area (Å²) in [7, 11) is 0. The average molecular weight is 312 g/mol. The van der Waals surface area contributed by atoms with E-state index in [2.05, 4.69) is 9.97 Å². The van der Waals surface area contributed by atoms with Gasteiger partial charge in [-0.15, -0.1) is 0 Å². The van der Waals surface area contributed by atoms with Gasteiger partial charge in [0.2, 0.25) is 0 Å². The molecule has 4 rings (SSSR count). The summed E-state index contributed by atoms with van der Waals surface area (Å²) in [5.41, 5.74) is 1.87. The molecule has 1 N–H and O–H groups in total. The number of carboxylic acid groups (broad SMARTS) is 1. The van der Waals surface area contributed by atoms with E-state index < -0.39 is 5.97 Å². The predicted octanol–water partition coefficient (Wildman–Crippen LogP) is 2.13. The molecule has 0 radical (unpaired) electrons. The van der Waals surface area contributed by atoms with Crippen LogP contribution in [0.3, 0.4) is 0 Å². The summed E-state index contributed by atoms with van der Waals surface area (Å²) >= 11 is 0. The molecule has 0 saturated heterocycles. The number of halogens is 1. The molecule has 0 spiro atoms. The van der Waals surface area contributed by atoms with Gasteiger partial charge in [0, 0.05) is 43.4 Å². The number of rotatable bonds is 2. The molecule has 3 aromatic rings. The number of fused-ring (bicyclic) bond motifs is 2. The Morgan fingerprint density at radius 1 is 1.17 bits per heavy atom. The van der Waals surface area contributed by atoms with Crippen LogP contribution in [0.1, 0.15) is 21.5 Å². The number of aromatic carboxylic acids is 1. The molecule has 0 fully saturated rings. The zero-order valence-corrected chi connectivity index (χ0v) is 12.1. The van der Waals surface area contributed by atoms with Crippen molar-refractivity contribution in [3.05, 3.63) is 59.4 Å². The standard InChI is InChI=1S/C16H13FN4O2/c17-13-2-1-11(16(22)23)10-3-6-21(9-12(10)13)15-14-18-4-7-20(14)8-5-19-15/h1-2,4-5,7-8H,3,6,9H2,(H,22,23). The van der Waals surface area contributed by atoms with Crippen LogP contribution in [0.5, 0.6) is 0 Å². The molecule has 0 unspecified atom stereocenters. The maximum absolute atomic E-state index is 14.2. The SMILES string of the molecule is O=C(O)c1ccc(F)c2c1CCN(c1nccn3ccnc13)C2. The third-order valence-electron chi connectivity index (χ3n) is 4.18. The van der Waals surface area contributed by atoms with Crippen molar-refractivity contribution < 1.29 is 14.3 Å². The first-order valence-electron chi connectivity index (χ1n) is 7.21. The van der Waals surface area contributed by atoms with Crippen molar-refractivity contribution in [3.8, 4) is 0 Å². The second kappa shape index (κ2) is 5.05. The fourth-order valence-electron chi connectivity index (χ4n) is 3.08. The minimum Gasteiger partial charge on any atom is -0.478 e. The van der Waals surface area contributed by atoms with Crippen molar-refractivity contribution in [2.45, 2.75) is 13.0 Å². The summed E-state index contributed by atoms with van der Waals surface area (Å²) in [6, 6.07) is 2.55. The van der Waals surface area contributed by atoms with Crippen LogP contribution in [0.15, 0.2) is 36.9 Å². The third-order valence-corrected chi connectivity index (χ3v) is 4.18. The van der Waals surface area contributed by atoms with Gasteiger partial charge in [-0.05, 0) is 24.1 Å². The lowest BCUT2D eigenvalue weighted by atomic mass is 9.94. The lowest BCUT2D eigenvalue weighted by Crippen LogP contribution is -2.33. The lowest BCUT2D eigenvalue weighted by Gasteiger charge is -2.30. The Morgan fingerprint density at radius 3 is 2.74 bits per heavy atom. The molecule has 0 saturated carbocycles. The second-order valence-electron chi connectivity index (χ2n) is 5.44. The summed E-state index contributed by atoms with van der Waals surface area (Å²) < 4.78 is 16.0. The predicted molar refractivity (Wildman–Crippen MR) is 81.1 cm³/mol. The van der Waals surface area contributed by atoms with Gasteiger partial charge in [-0.25, -0.2) is 19.2 Å². The van der Waals surface area contributed by atoms with Crippen LogP contribution in [0.4, 0.5) is 10.2 Å². The van der Waals surface area contributed by atoms with E-state index in [0.717, 1.165) is 0 Å². The van der Waals surface area contributed by atoms with Crippen LogP contribution in [-0.2, 0) is 13.0 Å². The van der Waals surface area contributed by atoms with Gasteiger partial charge in [0.25, 0.3) is 0 Å². The highest BCUT2D eigenvalue weighted by atomic mass is 19.1. The van der Waals surface area contributed by atoms with Crippen molar-refractivity contribution in [1.29, 1.82) is 0 Å². The van der Waals surface area contributed by atoms with E-state index in [1.807, 2.05) is 15.5 Å². The van der Waals surface area contributed by atoms with E-state index in [1.165, 1.54) is 12.1 Å². The Bertz CT molecular complexity index is 922. The minimum atomic E-state index is -1.02. The molecule has 0 amide bonds. The molecular weight excluding hydrogens is 299 g/mol. The van der Waals surface area contributed by atoms with Crippen LogP contribution in [-0.4, -0.2) is 32.0 Å². The zero-order chi connectivity index (χ0) is 16.0. The number of aromatic nitrogens is 3. The van der Waals surface area contributed by atoms with Crippen LogP contribution in [0.25, 0.3) is 5.65 Å². The quantitative estimate of drug-likeness (QED) is 0.785. The maximum Gasteiger partial charge on any atom is 0.335 e. The van der Waals surface area contributed by atoms with Gasteiger partial charge in [-0.3, -0.25) is 0 Å². The average Bonchev–Trinajstić information content (AvgIpc) is 3.03. The second-order valence-corrected chi connectivity index (χ2v) is 5.44. The van der Waals surface area contributed by atoms with Gasteiger partial charge in [0.1, 0.15) is 5.82 Å². The fourth-order valence-corrected chi connectivity index (χ4v) is 3.08. The van der Waals surface area contributed by atoms with Gasteiger partial charge in [-0.2, -0.15) is 0 Å². The van der Waals surface area contributed by atoms with E-state index in [4.69, 9.17) is 0 Å². The summed E-state index contributed by atoms with van der Waals surface area (Å²) in [5.74, 6) is -0.739. The summed E-state index contributed by atoms with van der Waals surface area (Å²) in [4.78, 5) is 21.9. The van der Waals surface area contributed by atoms with Crippen LogP contribution in [0, 0.1) is 5.82 Å². The molecule has 0 atom stereocenters. The van der Waals surface area contributed by atoms with Gasteiger partial charge in [-0.1, -0.05) is 0 Å². The number of benzene rings is 1. The first-order valence-corrected chi connectivity index (χ1v) is 7.21. The van der Waals surface area contributed by atoms with E-state index >= 15 is 0 Å². The van der Waals surface area contributed by atoms with Crippen molar-refractivity contribution >= 4 is 17.4 Å². The molecule has 0 aliphatic carbocycles. The number of nitrogens with zero attached hydrogens (tertiary/aromatic N) is 4. The molecule has 2 aromatic heterocycles. The maximum atomic E-state index is 14.2. The van der Waals surface area contributed by atoms with Crippen LogP contribution < -0.4 is 4.90 Å². The van der Waals surface area contributed by atoms with E-state index in [1.54, 1.807) is 18.6 Å². The first kappa shape index (κ1) is 13.7. The molecular formula is C16H13FN4O2. The van der Waals surface area contributed by atoms with E-state index in [0.29, 0.717) is 35.6 Å². The summed E-state index contributed by atoms with van der Waals surface area (Å²) in [6.45, 7) is 0.845. The number of carbonyl (C=O) groups is 1. The number of anilines is 1. The van der Waals surface area contributed by atoms with E-state index in [-0.39, 0.29) is 17.9 Å². The zero-order valence-electron chi connectivity index (χ0n) is 12.1. The van der Waals surface area contributed by atoms with Crippen molar-refractivity contribution in [2.24, 2.45) is 0 Å². The Kier molecular flexibility index (Phi) is 3.00. The van der Waals surface area contributed by atoms with Gasteiger partial charge in [0.15, 0.2) is 11.5 Å². The molecule has 116 valence electrons. The largest absolute Gasteiger partial charge is 0.478 e. The highest BCUT2D eigenvalue weighted by Crippen LogP contribution is 2.29. The number of hydrogen-bond donors (Lipinski definition) is 1. The van der Waals surface area contributed by atoms with Crippen LogP contribution in [0.2, 0.25) is 0 Å². The Labute approximate surface area is 130 Å². The molecule has 3 heterocycles.